The van der Waals surface area contributed by atoms with E-state index < -0.39 is 5.97 Å². The first-order chi connectivity index (χ1) is 7.08. The van der Waals surface area contributed by atoms with E-state index in [1.807, 2.05) is 0 Å². The van der Waals surface area contributed by atoms with Crippen LogP contribution in [0.5, 0.6) is 0 Å². The van der Waals surface area contributed by atoms with Gasteiger partial charge in [-0.3, -0.25) is 0 Å². The van der Waals surface area contributed by atoms with Crippen molar-refractivity contribution in [2.75, 3.05) is 5.73 Å². The lowest BCUT2D eigenvalue weighted by Crippen LogP contribution is -2.06. The second-order valence-electron chi connectivity index (χ2n) is 2.90. The maximum absolute atomic E-state index is 10.7. The minimum Gasteiger partial charge on any atom is -0.475 e. The normalized spacial score (nSPS) is 10.5. The summed E-state index contributed by atoms with van der Waals surface area (Å²) >= 11 is 5.77. The summed E-state index contributed by atoms with van der Waals surface area (Å²) in [6.45, 7) is 0. The number of hydrogen-bond acceptors (Lipinski definition) is 4. The molecular formula is C9H6ClN3O2. The van der Waals surface area contributed by atoms with E-state index in [1.54, 1.807) is 18.2 Å². The number of nitrogens with zero attached hydrogens (tertiary/aromatic N) is 2. The van der Waals surface area contributed by atoms with Gasteiger partial charge < -0.3 is 10.8 Å². The number of hydrogen-bond donors (Lipinski definition) is 2. The van der Waals surface area contributed by atoms with E-state index >= 15 is 0 Å². The maximum Gasteiger partial charge on any atom is 0.374 e. The van der Waals surface area contributed by atoms with Gasteiger partial charge in [-0.1, -0.05) is 11.6 Å². The van der Waals surface area contributed by atoms with E-state index in [-0.39, 0.29) is 11.6 Å². The third kappa shape index (κ3) is 1.69. The van der Waals surface area contributed by atoms with Crippen LogP contribution in [0.1, 0.15) is 10.6 Å². The number of fused-ring (bicyclic) bond motifs is 1. The Balaban J connectivity index is 2.78. The van der Waals surface area contributed by atoms with Gasteiger partial charge in [0.05, 0.1) is 5.52 Å². The van der Waals surface area contributed by atoms with Crippen LogP contribution in [-0.4, -0.2) is 21.0 Å². The van der Waals surface area contributed by atoms with Crippen molar-refractivity contribution in [2.45, 2.75) is 0 Å². The van der Waals surface area contributed by atoms with Crippen molar-refractivity contribution in [2.24, 2.45) is 0 Å². The molecule has 0 unspecified atom stereocenters. The Morgan fingerprint density at radius 2 is 2.13 bits per heavy atom. The van der Waals surface area contributed by atoms with E-state index in [1.165, 1.54) is 0 Å². The second-order valence-corrected chi connectivity index (χ2v) is 3.34. The van der Waals surface area contributed by atoms with Crippen molar-refractivity contribution in [1.82, 2.24) is 9.97 Å². The number of carboxylic acids is 1. The number of anilines is 1. The van der Waals surface area contributed by atoms with Crippen molar-refractivity contribution < 1.29 is 9.90 Å². The van der Waals surface area contributed by atoms with Gasteiger partial charge in [0.15, 0.2) is 0 Å². The van der Waals surface area contributed by atoms with E-state index in [0.29, 0.717) is 15.9 Å². The predicted molar refractivity (Wildman–Crippen MR) is 55.9 cm³/mol. The first kappa shape index (κ1) is 9.67. The number of nitrogens with two attached hydrogens (primary N) is 1. The fourth-order valence-corrected chi connectivity index (χ4v) is 1.39. The molecule has 1 aromatic carbocycles. The third-order valence-corrected chi connectivity index (χ3v) is 2.11. The summed E-state index contributed by atoms with van der Waals surface area (Å²) in [6.07, 6.45) is 0. The molecule has 0 fully saturated rings. The molecule has 0 amide bonds. The van der Waals surface area contributed by atoms with Gasteiger partial charge in [0.1, 0.15) is 5.82 Å². The first-order valence-electron chi connectivity index (χ1n) is 4.04. The molecule has 15 heavy (non-hydrogen) atoms. The van der Waals surface area contributed by atoms with Crippen LogP contribution in [0.15, 0.2) is 18.2 Å². The standard InChI is InChI=1S/C9H6ClN3O2/c10-4-1-2-6-5(3-4)7(11)13-8(12-6)9(14)15/h1-3H,(H,14,15)(H2,11,12,13). The summed E-state index contributed by atoms with van der Waals surface area (Å²) < 4.78 is 0. The van der Waals surface area contributed by atoms with Gasteiger partial charge >= 0.3 is 5.97 Å². The van der Waals surface area contributed by atoms with Crippen molar-refractivity contribution in [3.05, 3.63) is 29.0 Å². The van der Waals surface area contributed by atoms with Crippen LogP contribution in [0.2, 0.25) is 5.02 Å². The molecule has 0 saturated carbocycles. The predicted octanol–water partition coefficient (Wildman–Crippen LogP) is 1.56. The van der Waals surface area contributed by atoms with Crippen LogP contribution in [0.4, 0.5) is 5.82 Å². The van der Waals surface area contributed by atoms with Crippen molar-refractivity contribution in [1.29, 1.82) is 0 Å². The molecule has 1 aromatic heterocycles. The highest BCUT2D eigenvalue weighted by Crippen LogP contribution is 2.21. The largest absolute Gasteiger partial charge is 0.475 e. The van der Waals surface area contributed by atoms with Crippen molar-refractivity contribution >= 4 is 34.3 Å². The lowest BCUT2D eigenvalue weighted by atomic mass is 10.2. The Bertz CT molecular complexity index is 556. The zero-order valence-electron chi connectivity index (χ0n) is 7.44. The second kappa shape index (κ2) is 3.36. The topological polar surface area (TPSA) is 89.1 Å². The summed E-state index contributed by atoms with van der Waals surface area (Å²) in [5, 5.41) is 9.77. The van der Waals surface area contributed by atoms with Gasteiger partial charge in [-0.2, -0.15) is 0 Å². The number of carboxylic acid groups (broad SMARTS) is 1. The van der Waals surface area contributed by atoms with Gasteiger partial charge in [0, 0.05) is 10.4 Å². The number of benzene rings is 1. The lowest BCUT2D eigenvalue weighted by molar-refractivity contribution is 0.0684. The van der Waals surface area contributed by atoms with Crippen molar-refractivity contribution in [3.8, 4) is 0 Å². The smallest absolute Gasteiger partial charge is 0.374 e. The highest BCUT2D eigenvalue weighted by Gasteiger charge is 2.10. The Kier molecular flexibility index (Phi) is 2.17. The van der Waals surface area contributed by atoms with Crippen LogP contribution >= 0.6 is 11.6 Å². The molecule has 0 aliphatic carbocycles. The zero-order chi connectivity index (χ0) is 11.0. The quantitative estimate of drug-likeness (QED) is 0.766. The number of carbonyl (C=O) groups is 1. The minimum absolute atomic E-state index is 0.111. The fourth-order valence-electron chi connectivity index (χ4n) is 1.22. The van der Waals surface area contributed by atoms with Crippen LogP contribution in [-0.2, 0) is 0 Å². The lowest BCUT2D eigenvalue weighted by Gasteiger charge is -2.02. The molecule has 0 saturated heterocycles. The molecule has 0 atom stereocenters. The Morgan fingerprint density at radius 1 is 1.40 bits per heavy atom. The van der Waals surface area contributed by atoms with E-state index in [4.69, 9.17) is 22.4 Å². The molecule has 0 radical (unpaired) electrons. The number of aromatic carboxylic acids is 1. The molecule has 0 spiro atoms. The molecular weight excluding hydrogens is 218 g/mol. The van der Waals surface area contributed by atoms with Gasteiger partial charge in [-0.05, 0) is 18.2 Å². The van der Waals surface area contributed by atoms with Gasteiger partial charge in [-0.25, -0.2) is 14.8 Å². The summed E-state index contributed by atoms with van der Waals surface area (Å²) in [5.41, 5.74) is 6.05. The fraction of sp³-hybridized carbons (Fsp3) is 0. The number of aromatic nitrogens is 2. The van der Waals surface area contributed by atoms with Crippen LogP contribution in [0, 0.1) is 0 Å². The molecule has 6 heteroatoms. The zero-order valence-corrected chi connectivity index (χ0v) is 8.19. The molecule has 1 heterocycles. The first-order valence-corrected chi connectivity index (χ1v) is 4.42. The molecule has 2 rings (SSSR count). The average molecular weight is 224 g/mol. The van der Waals surface area contributed by atoms with Crippen LogP contribution < -0.4 is 5.73 Å². The molecule has 2 aromatic rings. The molecule has 0 aliphatic heterocycles. The summed E-state index contributed by atoms with van der Waals surface area (Å²) in [5.74, 6) is -1.42. The SMILES string of the molecule is Nc1nc(C(=O)O)nc2ccc(Cl)cc12. The van der Waals surface area contributed by atoms with Crippen molar-refractivity contribution in [3.63, 3.8) is 0 Å². The van der Waals surface area contributed by atoms with Crippen LogP contribution in [0.3, 0.4) is 0 Å². The van der Waals surface area contributed by atoms with Gasteiger partial charge in [-0.15, -0.1) is 0 Å². The molecule has 0 bridgehead atoms. The summed E-state index contributed by atoms with van der Waals surface area (Å²) in [6, 6.07) is 4.81. The summed E-state index contributed by atoms with van der Waals surface area (Å²) in [4.78, 5) is 18.1. The Labute approximate surface area is 89.5 Å². The highest BCUT2D eigenvalue weighted by molar-refractivity contribution is 6.31. The maximum atomic E-state index is 10.7. The number of rotatable bonds is 1. The monoisotopic (exact) mass is 223 g/mol. The highest BCUT2D eigenvalue weighted by atomic mass is 35.5. The number of nitrogen functional groups attached to an aromatic ring is 1. The van der Waals surface area contributed by atoms with E-state index in [9.17, 15) is 4.79 Å². The van der Waals surface area contributed by atoms with Crippen LogP contribution in [0.25, 0.3) is 10.9 Å². The molecule has 3 N–H and O–H groups in total. The number of halogens is 1. The van der Waals surface area contributed by atoms with Gasteiger partial charge in [0.25, 0.3) is 0 Å². The van der Waals surface area contributed by atoms with E-state index in [0.717, 1.165) is 0 Å². The minimum atomic E-state index is -1.21. The molecule has 0 aliphatic rings. The Hall–Kier alpha value is -1.88. The third-order valence-electron chi connectivity index (χ3n) is 1.88. The van der Waals surface area contributed by atoms with E-state index in [2.05, 4.69) is 9.97 Å². The average Bonchev–Trinajstić information content (AvgIpc) is 2.18. The summed E-state index contributed by atoms with van der Waals surface area (Å²) in [7, 11) is 0. The van der Waals surface area contributed by atoms with Gasteiger partial charge in [0.2, 0.25) is 5.82 Å². The Morgan fingerprint density at radius 3 is 2.80 bits per heavy atom. The molecule has 5 nitrogen and oxygen atoms in total. The molecule has 76 valence electrons.